The van der Waals surface area contributed by atoms with Gasteiger partial charge in [0, 0.05) is 11.1 Å². The largest absolute Gasteiger partial charge is 0.497 e. The zero-order valence-corrected chi connectivity index (χ0v) is 13.1. The monoisotopic (exact) mass is 305 g/mol. The van der Waals surface area contributed by atoms with Crippen LogP contribution in [0.2, 0.25) is 5.02 Å². The van der Waals surface area contributed by atoms with Gasteiger partial charge in [0.05, 0.1) is 14.2 Å². The van der Waals surface area contributed by atoms with E-state index in [1.165, 1.54) is 5.56 Å². The van der Waals surface area contributed by atoms with Crippen molar-refractivity contribution in [2.24, 2.45) is 5.73 Å². The second-order valence-electron chi connectivity index (χ2n) is 4.88. The summed E-state index contributed by atoms with van der Waals surface area (Å²) >= 11 is 6.25. The van der Waals surface area contributed by atoms with Crippen LogP contribution in [-0.2, 0) is 6.42 Å². The number of hydrogen-bond acceptors (Lipinski definition) is 3. The first-order chi connectivity index (χ1) is 10.1. The highest BCUT2D eigenvalue weighted by molar-refractivity contribution is 6.31. The Labute approximate surface area is 130 Å². The van der Waals surface area contributed by atoms with Gasteiger partial charge in [-0.3, -0.25) is 0 Å². The van der Waals surface area contributed by atoms with Gasteiger partial charge in [-0.1, -0.05) is 29.8 Å². The van der Waals surface area contributed by atoms with E-state index in [2.05, 4.69) is 12.1 Å². The van der Waals surface area contributed by atoms with Gasteiger partial charge in [-0.15, -0.1) is 0 Å². The van der Waals surface area contributed by atoms with Gasteiger partial charge in [-0.25, -0.2) is 0 Å². The highest BCUT2D eigenvalue weighted by Crippen LogP contribution is 2.28. The second-order valence-corrected chi connectivity index (χ2v) is 5.29. The number of rotatable bonds is 6. The molecule has 0 fully saturated rings. The minimum Gasteiger partial charge on any atom is -0.497 e. The summed E-state index contributed by atoms with van der Waals surface area (Å²) in [7, 11) is 3.28. The molecule has 0 aliphatic heterocycles. The van der Waals surface area contributed by atoms with Gasteiger partial charge < -0.3 is 15.2 Å². The van der Waals surface area contributed by atoms with Crippen molar-refractivity contribution in [3.05, 3.63) is 58.6 Å². The molecule has 21 heavy (non-hydrogen) atoms. The Morgan fingerprint density at radius 3 is 2.19 bits per heavy atom. The van der Waals surface area contributed by atoms with E-state index in [1.807, 2.05) is 24.3 Å². The van der Waals surface area contributed by atoms with E-state index in [-0.39, 0.29) is 6.04 Å². The van der Waals surface area contributed by atoms with Gasteiger partial charge in [0.2, 0.25) is 0 Å². The molecule has 0 spiro atoms. The molecule has 112 valence electrons. The molecule has 0 aliphatic rings. The molecule has 0 bridgehead atoms. The maximum Gasteiger partial charge on any atom is 0.120 e. The normalized spacial score (nSPS) is 12.0. The van der Waals surface area contributed by atoms with Crippen LogP contribution in [-0.4, -0.2) is 14.2 Å². The van der Waals surface area contributed by atoms with Crippen molar-refractivity contribution in [2.75, 3.05) is 14.2 Å². The lowest BCUT2D eigenvalue weighted by atomic mass is 9.99. The van der Waals surface area contributed by atoms with Crippen LogP contribution in [0.1, 0.15) is 23.6 Å². The number of halogens is 1. The lowest BCUT2D eigenvalue weighted by molar-refractivity contribution is 0.414. The Morgan fingerprint density at radius 2 is 1.62 bits per heavy atom. The summed E-state index contributed by atoms with van der Waals surface area (Å²) < 4.78 is 10.3. The first-order valence-electron chi connectivity index (χ1n) is 6.86. The number of nitrogens with two attached hydrogens (primary N) is 1. The van der Waals surface area contributed by atoms with Crippen LogP contribution in [0.4, 0.5) is 0 Å². The minimum absolute atomic E-state index is 0.0921. The van der Waals surface area contributed by atoms with E-state index in [1.54, 1.807) is 20.3 Å². The summed E-state index contributed by atoms with van der Waals surface area (Å²) in [5, 5.41) is 0.650. The maximum atomic E-state index is 6.25. The van der Waals surface area contributed by atoms with Gasteiger partial charge in [-0.05, 0) is 48.2 Å². The predicted molar refractivity (Wildman–Crippen MR) is 86.2 cm³/mol. The molecule has 4 heteroatoms. The van der Waals surface area contributed by atoms with Gasteiger partial charge in [0.15, 0.2) is 0 Å². The van der Waals surface area contributed by atoms with E-state index in [9.17, 15) is 0 Å². The van der Waals surface area contributed by atoms with Gasteiger partial charge in [0.25, 0.3) is 0 Å². The van der Waals surface area contributed by atoms with Gasteiger partial charge >= 0.3 is 0 Å². The molecule has 0 amide bonds. The van der Waals surface area contributed by atoms with Crippen molar-refractivity contribution in [1.82, 2.24) is 0 Å². The van der Waals surface area contributed by atoms with Crippen LogP contribution in [0.25, 0.3) is 0 Å². The third-order valence-electron chi connectivity index (χ3n) is 3.51. The molecule has 3 nitrogen and oxygen atoms in total. The van der Waals surface area contributed by atoms with E-state index in [0.717, 1.165) is 29.9 Å². The van der Waals surface area contributed by atoms with Crippen molar-refractivity contribution >= 4 is 11.6 Å². The lowest BCUT2D eigenvalue weighted by Gasteiger charge is -2.14. The average Bonchev–Trinajstić information content (AvgIpc) is 2.52. The molecular formula is C17H20ClNO2. The molecule has 2 N–H and O–H groups in total. The Bertz CT molecular complexity index is 584. The Kier molecular flexibility index (Phi) is 5.48. The van der Waals surface area contributed by atoms with E-state index in [4.69, 9.17) is 26.8 Å². The molecule has 0 aliphatic carbocycles. The summed E-state index contributed by atoms with van der Waals surface area (Å²) in [6.07, 6.45) is 1.73. The van der Waals surface area contributed by atoms with Crippen LogP contribution >= 0.6 is 11.6 Å². The molecule has 0 saturated heterocycles. The lowest BCUT2D eigenvalue weighted by Crippen LogP contribution is -2.12. The molecule has 0 saturated carbocycles. The maximum absolute atomic E-state index is 6.25. The Hall–Kier alpha value is -1.71. The summed E-state index contributed by atoms with van der Waals surface area (Å²) in [5.41, 5.74) is 8.42. The fraction of sp³-hybridized carbons (Fsp3) is 0.294. The molecule has 0 aromatic heterocycles. The fourth-order valence-electron chi connectivity index (χ4n) is 2.21. The standard InChI is InChI=1S/C17H20ClNO2/c1-20-13-6-3-12(4-7-13)5-10-17(19)15-9-8-14(21-2)11-16(15)18/h3-4,6-9,11,17H,5,10,19H2,1-2H3. The van der Waals surface area contributed by atoms with Crippen molar-refractivity contribution in [3.63, 3.8) is 0 Å². The quantitative estimate of drug-likeness (QED) is 0.877. The van der Waals surface area contributed by atoms with Crippen molar-refractivity contribution in [2.45, 2.75) is 18.9 Å². The van der Waals surface area contributed by atoms with Gasteiger partial charge in [-0.2, -0.15) is 0 Å². The van der Waals surface area contributed by atoms with Crippen LogP contribution in [0.15, 0.2) is 42.5 Å². The summed E-state index contributed by atoms with van der Waals surface area (Å²) in [5.74, 6) is 1.60. The topological polar surface area (TPSA) is 44.5 Å². The van der Waals surface area contributed by atoms with E-state index in [0.29, 0.717) is 5.02 Å². The molecule has 2 aromatic rings. The van der Waals surface area contributed by atoms with Crippen LogP contribution in [0.3, 0.4) is 0 Å². The molecular weight excluding hydrogens is 286 g/mol. The van der Waals surface area contributed by atoms with Crippen molar-refractivity contribution in [1.29, 1.82) is 0 Å². The molecule has 2 rings (SSSR count). The zero-order chi connectivity index (χ0) is 15.2. The second kappa shape index (κ2) is 7.34. The SMILES string of the molecule is COc1ccc(CCC(N)c2ccc(OC)cc2Cl)cc1. The summed E-state index contributed by atoms with van der Waals surface area (Å²) in [6, 6.07) is 13.5. The number of hydrogen-bond donors (Lipinski definition) is 1. The van der Waals surface area contributed by atoms with E-state index >= 15 is 0 Å². The first-order valence-corrected chi connectivity index (χ1v) is 7.23. The van der Waals surface area contributed by atoms with Crippen molar-refractivity contribution in [3.8, 4) is 11.5 Å². The fourth-order valence-corrected chi connectivity index (χ4v) is 2.52. The molecule has 0 radical (unpaired) electrons. The highest BCUT2D eigenvalue weighted by atomic mass is 35.5. The summed E-state index contributed by atoms with van der Waals surface area (Å²) in [6.45, 7) is 0. The number of methoxy groups -OCH3 is 2. The predicted octanol–water partition coefficient (Wildman–Crippen LogP) is 3.99. The molecule has 1 unspecified atom stereocenters. The third kappa shape index (κ3) is 4.13. The average molecular weight is 306 g/mol. The third-order valence-corrected chi connectivity index (χ3v) is 3.84. The minimum atomic E-state index is -0.0921. The summed E-state index contributed by atoms with van der Waals surface area (Å²) in [4.78, 5) is 0. The van der Waals surface area contributed by atoms with Crippen LogP contribution in [0, 0.1) is 0 Å². The molecule has 1 atom stereocenters. The smallest absolute Gasteiger partial charge is 0.120 e. The zero-order valence-electron chi connectivity index (χ0n) is 12.3. The van der Waals surface area contributed by atoms with Gasteiger partial charge in [0.1, 0.15) is 11.5 Å². The highest BCUT2D eigenvalue weighted by Gasteiger charge is 2.11. The van der Waals surface area contributed by atoms with Crippen LogP contribution in [0.5, 0.6) is 11.5 Å². The Balaban J connectivity index is 1.99. The number of benzene rings is 2. The van der Waals surface area contributed by atoms with Crippen LogP contribution < -0.4 is 15.2 Å². The van der Waals surface area contributed by atoms with E-state index < -0.39 is 0 Å². The van der Waals surface area contributed by atoms with Crippen molar-refractivity contribution < 1.29 is 9.47 Å². The number of ether oxygens (including phenoxy) is 2. The first kappa shape index (κ1) is 15.7. The molecule has 2 aromatic carbocycles. The Morgan fingerprint density at radius 1 is 1.00 bits per heavy atom. The number of aryl methyl sites for hydroxylation is 1. The molecule has 0 heterocycles.